The zero-order valence-electron chi connectivity index (χ0n) is 16.4. The van der Waals surface area contributed by atoms with Gasteiger partial charge in [-0.15, -0.1) is 0 Å². The molecule has 1 aliphatic heterocycles. The van der Waals surface area contributed by atoms with Crippen LogP contribution in [0.4, 0.5) is 4.39 Å². The first-order chi connectivity index (χ1) is 14.2. The van der Waals surface area contributed by atoms with Crippen LogP contribution in [-0.2, 0) is 19.6 Å². The van der Waals surface area contributed by atoms with Gasteiger partial charge in [0.1, 0.15) is 25.5 Å². The van der Waals surface area contributed by atoms with Crippen molar-refractivity contribution in [2.24, 2.45) is 0 Å². The smallest absolute Gasteiger partial charge is 0.289 e. The van der Waals surface area contributed by atoms with Gasteiger partial charge in [-0.2, -0.15) is 0 Å². The summed E-state index contributed by atoms with van der Waals surface area (Å²) in [6, 6.07) is 20.7. The molecule has 4 nitrogen and oxygen atoms in total. The lowest BCUT2D eigenvalue weighted by molar-refractivity contribution is -0.942. The molecule has 0 saturated carbocycles. The Morgan fingerprint density at radius 1 is 0.897 bits per heavy atom. The van der Waals surface area contributed by atoms with Gasteiger partial charge in [-0.05, 0) is 31.0 Å². The molecule has 1 unspecified atom stereocenters. The van der Waals surface area contributed by atoms with Crippen molar-refractivity contribution in [2.75, 3.05) is 13.1 Å². The van der Waals surface area contributed by atoms with Gasteiger partial charge < -0.3 is 14.2 Å². The molecule has 0 aliphatic carbocycles. The molecule has 1 aliphatic rings. The Labute approximate surface area is 170 Å². The molecule has 1 aromatic heterocycles. The molecule has 4 rings (SSSR count). The van der Waals surface area contributed by atoms with Gasteiger partial charge in [0.05, 0.1) is 0 Å². The third-order valence-electron chi connectivity index (χ3n) is 5.39. The van der Waals surface area contributed by atoms with E-state index in [0.717, 1.165) is 43.1 Å². The van der Waals surface area contributed by atoms with Crippen molar-refractivity contribution in [3.05, 3.63) is 95.2 Å². The highest BCUT2D eigenvalue weighted by Crippen LogP contribution is 2.15. The zero-order valence-corrected chi connectivity index (χ0v) is 16.4. The molecule has 0 radical (unpaired) electrons. The number of carbonyl (C=O) groups excluding carboxylic acids is 1. The molecule has 1 fully saturated rings. The van der Waals surface area contributed by atoms with Crippen LogP contribution in [0.25, 0.3) is 0 Å². The maximum absolute atomic E-state index is 14.2. The Morgan fingerprint density at radius 3 is 2.38 bits per heavy atom. The molecule has 3 aromatic rings. The lowest BCUT2D eigenvalue weighted by atomic mass is 10.1. The monoisotopic (exact) mass is 393 g/mol. The normalized spacial score (nSPS) is 14.9. The highest BCUT2D eigenvalue weighted by molar-refractivity contribution is 5.91. The minimum Gasteiger partial charge on any atom is -0.450 e. The number of benzene rings is 2. The summed E-state index contributed by atoms with van der Waals surface area (Å²) in [6.45, 7) is 3.46. The highest BCUT2D eigenvalue weighted by Gasteiger charge is 2.23. The summed E-state index contributed by atoms with van der Waals surface area (Å²) in [4.78, 5) is 15.5. The molecule has 1 N–H and O–H groups in total. The maximum atomic E-state index is 14.2. The summed E-state index contributed by atoms with van der Waals surface area (Å²) in [7, 11) is 0. The first-order valence-corrected chi connectivity index (χ1v) is 10.2. The van der Waals surface area contributed by atoms with Gasteiger partial charge in [0.15, 0.2) is 11.5 Å². The van der Waals surface area contributed by atoms with E-state index in [2.05, 4.69) is 12.1 Å². The number of quaternary nitrogens is 1. The summed E-state index contributed by atoms with van der Waals surface area (Å²) in [6.07, 6.45) is 2.11. The van der Waals surface area contributed by atoms with E-state index < -0.39 is 0 Å². The van der Waals surface area contributed by atoms with E-state index in [1.165, 1.54) is 11.6 Å². The summed E-state index contributed by atoms with van der Waals surface area (Å²) >= 11 is 0. The van der Waals surface area contributed by atoms with E-state index in [9.17, 15) is 9.18 Å². The lowest BCUT2D eigenvalue weighted by Gasteiger charge is -2.19. The first-order valence-electron chi connectivity index (χ1n) is 10.2. The Balaban J connectivity index is 1.50. The van der Waals surface area contributed by atoms with E-state index in [-0.39, 0.29) is 11.7 Å². The van der Waals surface area contributed by atoms with Crippen molar-refractivity contribution < 1.29 is 18.5 Å². The largest absolute Gasteiger partial charge is 0.450 e. The van der Waals surface area contributed by atoms with Gasteiger partial charge in [0, 0.05) is 24.2 Å². The number of nitrogens with zero attached hydrogens (tertiary/aromatic N) is 1. The predicted octanol–water partition coefficient (Wildman–Crippen LogP) is 3.44. The van der Waals surface area contributed by atoms with Crippen LogP contribution in [0.3, 0.4) is 0 Å². The van der Waals surface area contributed by atoms with Crippen LogP contribution in [0, 0.1) is 5.82 Å². The van der Waals surface area contributed by atoms with E-state index in [1.807, 2.05) is 41.3 Å². The van der Waals surface area contributed by atoms with Crippen molar-refractivity contribution in [3.63, 3.8) is 0 Å². The topological polar surface area (TPSA) is 37.9 Å². The summed E-state index contributed by atoms with van der Waals surface area (Å²) < 4.78 is 20.1. The Hall–Kier alpha value is -2.92. The minimum atomic E-state index is -0.192. The number of rotatable bonds is 7. The average molecular weight is 393 g/mol. The van der Waals surface area contributed by atoms with Crippen LogP contribution in [0.2, 0.25) is 0 Å². The first kappa shape index (κ1) is 19.4. The quantitative estimate of drug-likeness (QED) is 0.668. The molecule has 29 heavy (non-hydrogen) atoms. The standard InChI is InChI=1S/C24H25FN2O2/c25-22-11-5-4-10-20(22)17-26(16-19-8-2-1-3-9-19)18-21-12-13-23(29-21)24(28)27-14-6-7-15-27/h1-5,8-13H,6-7,14-18H2/p+1. The van der Waals surface area contributed by atoms with Crippen LogP contribution in [0.15, 0.2) is 71.1 Å². The Kier molecular flexibility index (Phi) is 6.06. The molecule has 1 atom stereocenters. The van der Waals surface area contributed by atoms with Gasteiger partial charge in [-0.25, -0.2) is 4.39 Å². The van der Waals surface area contributed by atoms with Crippen molar-refractivity contribution in [1.82, 2.24) is 4.90 Å². The maximum Gasteiger partial charge on any atom is 0.289 e. The fourth-order valence-corrected chi connectivity index (χ4v) is 3.89. The Morgan fingerprint density at radius 2 is 1.62 bits per heavy atom. The number of hydrogen-bond donors (Lipinski definition) is 1. The van der Waals surface area contributed by atoms with Gasteiger partial charge in [-0.1, -0.05) is 48.5 Å². The van der Waals surface area contributed by atoms with Crippen molar-refractivity contribution >= 4 is 5.91 Å². The second-order valence-electron chi connectivity index (χ2n) is 7.62. The number of furan rings is 1. The van der Waals surface area contributed by atoms with E-state index in [4.69, 9.17) is 4.42 Å². The summed E-state index contributed by atoms with van der Waals surface area (Å²) in [5.74, 6) is 0.913. The lowest BCUT2D eigenvalue weighted by Crippen LogP contribution is -3.08. The number of carbonyl (C=O) groups is 1. The van der Waals surface area contributed by atoms with Gasteiger partial charge in [0.2, 0.25) is 0 Å². The van der Waals surface area contributed by atoms with Crippen LogP contribution >= 0.6 is 0 Å². The summed E-state index contributed by atoms with van der Waals surface area (Å²) in [5, 5.41) is 0. The van der Waals surface area contributed by atoms with Crippen LogP contribution in [0.1, 0.15) is 40.3 Å². The fraction of sp³-hybridized carbons (Fsp3) is 0.292. The van der Waals surface area contributed by atoms with Crippen molar-refractivity contribution in [3.8, 4) is 0 Å². The second kappa shape index (κ2) is 9.05. The van der Waals surface area contributed by atoms with E-state index in [0.29, 0.717) is 24.4 Å². The number of likely N-dealkylation sites (tertiary alicyclic amines) is 1. The molecular weight excluding hydrogens is 367 g/mol. The number of hydrogen-bond acceptors (Lipinski definition) is 2. The zero-order chi connectivity index (χ0) is 20.1. The summed E-state index contributed by atoms with van der Waals surface area (Å²) in [5.41, 5.74) is 1.86. The third-order valence-corrected chi connectivity index (χ3v) is 5.39. The van der Waals surface area contributed by atoms with E-state index in [1.54, 1.807) is 12.1 Å². The number of halogens is 1. The number of amides is 1. The molecule has 150 valence electrons. The minimum absolute atomic E-state index is 0.0348. The Bertz CT molecular complexity index is 948. The number of nitrogens with one attached hydrogen (secondary N) is 1. The van der Waals surface area contributed by atoms with Gasteiger partial charge in [0.25, 0.3) is 5.91 Å². The van der Waals surface area contributed by atoms with Gasteiger partial charge in [-0.3, -0.25) is 4.79 Å². The SMILES string of the molecule is O=C(c1ccc(C[NH+](Cc2ccccc2)Cc2ccccc2F)o1)N1CCCC1. The molecule has 0 bridgehead atoms. The van der Waals surface area contributed by atoms with Crippen molar-refractivity contribution in [1.29, 1.82) is 0 Å². The highest BCUT2D eigenvalue weighted by atomic mass is 19.1. The molecule has 1 amide bonds. The molecule has 1 saturated heterocycles. The molecule has 2 heterocycles. The fourth-order valence-electron chi connectivity index (χ4n) is 3.89. The van der Waals surface area contributed by atoms with Crippen LogP contribution in [0.5, 0.6) is 0 Å². The second-order valence-corrected chi connectivity index (χ2v) is 7.62. The molecular formula is C24H26FN2O2+. The molecule has 5 heteroatoms. The van der Waals surface area contributed by atoms with Gasteiger partial charge >= 0.3 is 0 Å². The van der Waals surface area contributed by atoms with E-state index >= 15 is 0 Å². The third kappa shape index (κ3) is 4.93. The average Bonchev–Trinajstić information content (AvgIpc) is 3.42. The van der Waals surface area contributed by atoms with Crippen molar-refractivity contribution in [2.45, 2.75) is 32.5 Å². The predicted molar refractivity (Wildman–Crippen MR) is 109 cm³/mol. The van der Waals surface area contributed by atoms with Crippen LogP contribution in [-0.4, -0.2) is 23.9 Å². The van der Waals surface area contributed by atoms with Crippen LogP contribution < -0.4 is 4.90 Å². The molecule has 2 aromatic carbocycles. The molecule has 0 spiro atoms.